The number of hydrogen-bond acceptors (Lipinski definition) is 8. The Morgan fingerprint density at radius 2 is 2.11 bits per heavy atom. The van der Waals surface area contributed by atoms with E-state index in [4.69, 9.17) is 10.5 Å². The largest absolute Gasteiger partial charge is 0.493 e. The molecule has 0 saturated heterocycles. The number of imidazole rings is 1. The highest BCUT2D eigenvalue weighted by atomic mass is 32.2. The van der Waals surface area contributed by atoms with Gasteiger partial charge in [-0.25, -0.2) is 23.1 Å². The molecule has 0 radical (unpaired) electrons. The molecule has 3 aromatic rings. The highest BCUT2D eigenvalue weighted by molar-refractivity contribution is 7.88. The number of anilines is 1. The zero-order chi connectivity index (χ0) is 19.6. The van der Waals surface area contributed by atoms with Crippen molar-refractivity contribution in [1.82, 2.24) is 19.3 Å². The maximum atomic E-state index is 11.1. The van der Waals surface area contributed by atoms with Gasteiger partial charge in [-0.15, -0.1) is 0 Å². The molecule has 0 aliphatic heterocycles. The van der Waals surface area contributed by atoms with Crippen LogP contribution in [0.3, 0.4) is 0 Å². The van der Waals surface area contributed by atoms with Crippen molar-refractivity contribution in [2.24, 2.45) is 12.2 Å². The third-order valence-electron chi connectivity index (χ3n) is 4.06. The van der Waals surface area contributed by atoms with E-state index < -0.39 is 10.0 Å². The summed E-state index contributed by atoms with van der Waals surface area (Å²) < 4.78 is 32.2. The number of nitrogens with zero attached hydrogens (tertiary/aromatic N) is 4. The highest BCUT2D eigenvalue weighted by Gasteiger charge is 2.18. The van der Waals surface area contributed by atoms with Gasteiger partial charge in [0.05, 0.1) is 29.3 Å². The Morgan fingerprint density at radius 1 is 1.33 bits per heavy atom. The van der Waals surface area contributed by atoms with Crippen LogP contribution < -0.4 is 15.2 Å². The first-order chi connectivity index (χ1) is 12.8. The first kappa shape index (κ1) is 19.0. The second-order valence-corrected chi connectivity index (χ2v) is 7.92. The number of sulfonamides is 1. The summed E-state index contributed by atoms with van der Waals surface area (Å²) in [5, 5.41) is 3.63. The topological polar surface area (TPSA) is 142 Å². The van der Waals surface area contributed by atoms with E-state index in [9.17, 15) is 13.3 Å². The third-order valence-corrected chi connectivity index (χ3v) is 4.79. The van der Waals surface area contributed by atoms with Crippen LogP contribution in [0.2, 0.25) is 0 Å². The molecule has 3 rings (SSSR count). The van der Waals surface area contributed by atoms with E-state index in [1.165, 1.54) is 0 Å². The average Bonchev–Trinajstić information content (AvgIpc) is 2.92. The molecule has 0 amide bonds. The van der Waals surface area contributed by atoms with Gasteiger partial charge in [0.2, 0.25) is 10.0 Å². The summed E-state index contributed by atoms with van der Waals surface area (Å²) in [6.45, 7) is 0.519. The first-order valence-electron chi connectivity index (χ1n) is 8.22. The van der Waals surface area contributed by atoms with Crippen LogP contribution in [0.5, 0.6) is 5.75 Å². The molecule has 10 nitrogen and oxygen atoms in total. The number of hydrogen-bond donors (Lipinski definition) is 2. The molecule has 0 saturated carbocycles. The highest BCUT2D eigenvalue weighted by Crippen LogP contribution is 2.34. The number of nitrogen functional groups attached to an aromatic ring is 1. The summed E-state index contributed by atoms with van der Waals surface area (Å²) in [5.74, 6) is 1.32. The Hall–Kier alpha value is -2.79. The van der Waals surface area contributed by atoms with Crippen LogP contribution in [-0.4, -0.2) is 42.4 Å². The van der Waals surface area contributed by atoms with Gasteiger partial charge in [-0.3, -0.25) is 0 Å². The predicted molar refractivity (Wildman–Crippen MR) is 103 cm³/mol. The van der Waals surface area contributed by atoms with Crippen molar-refractivity contribution in [3.05, 3.63) is 28.9 Å². The zero-order valence-corrected chi connectivity index (χ0v) is 15.8. The van der Waals surface area contributed by atoms with Crippen LogP contribution in [0.25, 0.3) is 21.9 Å². The smallest absolute Gasteiger partial charge is 0.208 e. The molecule has 0 bridgehead atoms. The molecule has 1 aromatic carbocycles. The number of benzene rings is 1. The Bertz CT molecular complexity index is 1110. The van der Waals surface area contributed by atoms with Crippen molar-refractivity contribution in [1.29, 1.82) is 0 Å². The maximum Gasteiger partial charge on any atom is 0.208 e. The summed E-state index contributed by atoms with van der Waals surface area (Å²) in [4.78, 5) is 19.4. The van der Waals surface area contributed by atoms with Crippen molar-refractivity contribution in [2.45, 2.75) is 13.0 Å². The molecule has 0 spiro atoms. The Balaban J connectivity index is 1.97. The fourth-order valence-electron chi connectivity index (χ4n) is 2.87. The molecule has 0 fully saturated rings. The summed E-state index contributed by atoms with van der Waals surface area (Å²) in [6.07, 6.45) is 1.61. The van der Waals surface area contributed by atoms with Gasteiger partial charge in [0, 0.05) is 13.6 Å². The molecule has 2 heterocycles. The van der Waals surface area contributed by atoms with E-state index in [1.807, 2.05) is 6.07 Å². The van der Waals surface area contributed by atoms with Gasteiger partial charge in [-0.2, -0.15) is 4.91 Å². The summed E-state index contributed by atoms with van der Waals surface area (Å²) in [6, 6.07) is 5.41. The molecule has 27 heavy (non-hydrogen) atoms. The normalized spacial score (nSPS) is 11.9. The predicted octanol–water partition coefficient (Wildman–Crippen LogP) is 1.29. The second kappa shape index (κ2) is 7.45. The van der Waals surface area contributed by atoms with Gasteiger partial charge in [-0.05, 0) is 18.6 Å². The molecule has 3 N–H and O–H groups in total. The van der Waals surface area contributed by atoms with Gasteiger partial charge >= 0.3 is 0 Å². The van der Waals surface area contributed by atoms with Crippen LogP contribution in [0, 0.1) is 4.91 Å². The lowest BCUT2D eigenvalue weighted by molar-refractivity contribution is 0.315. The lowest BCUT2D eigenvalue weighted by atomic mass is 10.1. The molecular weight excluding hydrogens is 372 g/mol. The Kier molecular flexibility index (Phi) is 5.24. The number of pyridine rings is 1. The molecule has 0 aliphatic carbocycles. The van der Waals surface area contributed by atoms with Crippen molar-refractivity contribution in [3.63, 3.8) is 0 Å². The lowest BCUT2D eigenvalue weighted by Crippen LogP contribution is -2.24. The molecular formula is C16H20N6O4S. The fraction of sp³-hybridized carbons (Fsp3) is 0.375. The quantitative estimate of drug-likeness (QED) is 0.434. The SMILES string of the molecule is Cn1c(CN=O)nc2c(N)nc3cccc(OCCCNS(C)(=O)=O)c3c21. The lowest BCUT2D eigenvalue weighted by Gasteiger charge is -2.11. The van der Waals surface area contributed by atoms with Gasteiger partial charge in [0.25, 0.3) is 0 Å². The van der Waals surface area contributed by atoms with E-state index >= 15 is 0 Å². The number of aromatic nitrogens is 3. The van der Waals surface area contributed by atoms with Gasteiger partial charge in [0.15, 0.2) is 5.82 Å². The molecule has 2 aromatic heterocycles. The van der Waals surface area contributed by atoms with E-state index in [0.717, 1.165) is 11.6 Å². The number of ether oxygens (including phenoxy) is 1. The third kappa shape index (κ3) is 3.98. The maximum absolute atomic E-state index is 11.1. The van der Waals surface area contributed by atoms with Gasteiger partial charge in [-0.1, -0.05) is 11.2 Å². The number of rotatable bonds is 8. The minimum Gasteiger partial charge on any atom is -0.493 e. The van der Waals surface area contributed by atoms with Crippen molar-refractivity contribution in [2.75, 3.05) is 25.1 Å². The van der Waals surface area contributed by atoms with Crippen molar-refractivity contribution >= 4 is 37.8 Å². The summed E-state index contributed by atoms with van der Waals surface area (Å²) in [5.41, 5.74) is 7.86. The first-order valence-corrected chi connectivity index (χ1v) is 10.1. The van der Waals surface area contributed by atoms with E-state index in [0.29, 0.717) is 41.2 Å². The van der Waals surface area contributed by atoms with Crippen LogP contribution in [0.1, 0.15) is 12.2 Å². The van der Waals surface area contributed by atoms with Gasteiger partial charge < -0.3 is 15.0 Å². The van der Waals surface area contributed by atoms with Crippen molar-refractivity contribution < 1.29 is 13.2 Å². The van der Waals surface area contributed by atoms with Gasteiger partial charge in [0.1, 0.15) is 23.6 Å². The molecule has 0 aliphatic rings. The van der Waals surface area contributed by atoms with Crippen LogP contribution in [0.4, 0.5) is 5.82 Å². The average molecular weight is 392 g/mol. The summed E-state index contributed by atoms with van der Waals surface area (Å²) in [7, 11) is -1.44. The Labute approximate surface area is 155 Å². The molecule has 144 valence electrons. The van der Waals surface area contributed by atoms with Crippen LogP contribution in [0.15, 0.2) is 23.4 Å². The fourth-order valence-corrected chi connectivity index (χ4v) is 3.39. The van der Waals surface area contributed by atoms with Crippen LogP contribution >= 0.6 is 0 Å². The Morgan fingerprint density at radius 3 is 2.81 bits per heavy atom. The monoisotopic (exact) mass is 392 g/mol. The minimum absolute atomic E-state index is 0.0771. The molecule has 0 atom stereocenters. The second-order valence-electron chi connectivity index (χ2n) is 6.09. The number of nitrogens with one attached hydrogen (secondary N) is 1. The molecule has 0 unspecified atom stereocenters. The zero-order valence-electron chi connectivity index (χ0n) is 15.0. The standard InChI is InChI=1S/C16H20N6O4S/c1-22-12(9-18-23)21-14-15(22)13-10(20-16(14)17)5-3-6-11(13)26-8-4-7-19-27(2,24)25/h3,5-6,19H,4,7-9H2,1-2H3,(H2,17,20). The van der Waals surface area contributed by atoms with E-state index in [2.05, 4.69) is 19.9 Å². The molecule has 11 heteroatoms. The summed E-state index contributed by atoms with van der Waals surface area (Å²) >= 11 is 0. The number of aryl methyl sites for hydroxylation is 1. The van der Waals surface area contributed by atoms with E-state index in [-0.39, 0.29) is 18.9 Å². The minimum atomic E-state index is -3.22. The number of fused-ring (bicyclic) bond motifs is 3. The van der Waals surface area contributed by atoms with E-state index in [1.54, 1.807) is 23.7 Å². The van der Waals surface area contributed by atoms with Crippen molar-refractivity contribution in [3.8, 4) is 5.75 Å². The van der Waals surface area contributed by atoms with Crippen LogP contribution in [-0.2, 0) is 23.6 Å². The number of nitroso groups, excluding NO2 is 1. The number of nitrogens with two attached hydrogens (primary N) is 1.